The maximum atomic E-state index is 10.4. The number of aliphatic carboxylic acids is 1. The van der Waals surface area contributed by atoms with Crippen molar-refractivity contribution in [1.29, 1.82) is 0 Å². The summed E-state index contributed by atoms with van der Waals surface area (Å²) in [6.45, 7) is 0.908. The molecule has 0 amide bonds. The Kier molecular flexibility index (Phi) is 13.6. The minimum atomic E-state index is -0.665. The highest BCUT2D eigenvalue weighted by molar-refractivity contribution is 5.76. The zero-order valence-corrected chi connectivity index (χ0v) is 15.6. The number of hydrogen-bond acceptors (Lipinski definition) is 3. The first kappa shape index (κ1) is 21.4. The third kappa shape index (κ3) is 14.4. The number of carboxylic acid groups (broad SMARTS) is 1. The lowest BCUT2D eigenvalue weighted by molar-refractivity contribution is -0.137. The van der Waals surface area contributed by atoms with Crippen LogP contribution in [0, 0.1) is 0 Å². The van der Waals surface area contributed by atoms with Crippen molar-refractivity contribution >= 4 is 12.2 Å². The van der Waals surface area contributed by atoms with E-state index < -0.39 is 5.97 Å². The van der Waals surface area contributed by atoms with E-state index in [2.05, 4.69) is 15.2 Å². The molecule has 1 aromatic heterocycles. The molecule has 1 rings (SSSR count). The Labute approximate surface area is 152 Å². The molecule has 142 valence electrons. The lowest BCUT2D eigenvalue weighted by Crippen LogP contribution is -1.93. The number of nitrogens with one attached hydrogen (secondary N) is 1. The number of aromatic amines is 1. The van der Waals surface area contributed by atoms with Crippen LogP contribution in [0.15, 0.2) is 17.3 Å². The molecular weight excluding hydrogens is 314 g/mol. The van der Waals surface area contributed by atoms with Crippen LogP contribution in [-0.2, 0) is 4.79 Å². The van der Waals surface area contributed by atoms with Crippen molar-refractivity contribution in [3.05, 3.63) is 18.0 Å². The van der Waals surface area contributed by atoms with Gasteiger partial charge in [0.1, 0.15) is 0 Å². The van der Waals surface area contributed by atoms with Gasteiger partial charge in [-0.1, -0.05) is 70.6 Å². The zero-order chi connectivity index (χ0) is 18.0. The van der Waals surface area contributed by atoms with Gasteiger partial charge in [0.25, 0.3) is 0 Å². The number of unbranched alkanes of at least 4 members (excludes halogenated alkanes) is 12. The number of hydrogen-bond donors (Lipinski definition) is 2. The van der Waals surface area contributed by atoms with Gasteiger partial charge in [-0.25, -0.2) is 0 Å². The molecule has 25 heavy (non-hydrogen) atoms. The van der Waals surface area contributed by atoms with Crippen molar-refractivity contribution in [3.63, 3.8) is 0 Å². The molecule has 0 aliphatic carbocycles. The van der Waals surface area contributed by atoms with Crippen LogP contribution in [0.5, 0.6) is 0 Å². The Hall–Kier alpha value is -1.65. The summed E-state index contributed by atoms with van der Waals surface area (Å²) in [6, 6.07) is 1.92. The van der Waals surface area contributed by atoms with Gasteiger partial charge in [0.05, 0.1) is 5.69 Å². The van der Waals surface area contributed by atoms with E-state index in [1.807, 2.05) is 12.3 Å². The third-order valence-electron chi connectivity index (χ3n) is 4.43. The van der Waals surface area contributed by atoms with Crippen LogP contribution in [0.1, 0.15) is 95.6 Å². The molecule has 1 heterocycles. The molecule has 0 aliphatic heterocycles. The van der Waals surface area contributed by atoms with Gasteiger partial charge in [-0.05, 0) is 18.9 Å². The summed E-state index contributed by atoms with van der Waals surface area (Å²) < 4.78 is 0. The van der Waals surface area contributed by atoms with Crippen LogP contribution in [0.2, 0.25) is 0 Å². The SMILES string of the molecule is O=C(O)CCCCCCCCCCCCCCCN=Cc1ccn[nH]1. The van der Waals surface area contributed by atoms with Crippen LogP contribution >= 0.6 is 0 Å². The fourth-order valence-electron chi connectivity index (χ4n) is 2.93. The molecule has 0 unspecified atom stereocenters. The molecule has 5 nitrogen and oxygen atoms in total. The van der Waals surface area contributed by atoms with E-state index in [4.69, 9.17) is 5.11 Å². The Morgan fingerprint density at radius 3 is 1.92 bits per heavy atom. The smallest absolute Gasteiger partial charge is 0.303 e. The quantitative estimate of drug-likeness (QED) is 0.293. The molecule has 0 radical (unpaired) electrons. The van der Waals surface area contributed by atoms with Crippen molar-refractivity contribution in [2.75, 3.05) is 6.54 Å². The summed E-state index contributed by atoms with van der Waals surface area (Å²) in [7, 11) is 0. The van der Waals surface area contributed by atoms with E-state index in [1.54, 1.807) is 6.20 Å². The van der Waals surface area contributed by atoms with Crippen molar-refractivity contribution < 1.29 is 9.90 Å². The molecule has 0 aromatic carbocycles. The highest BCUT2D eigenvalue weighted by atomic mass is 16.4. The minimum absolute atomic E-state index is 0.330. The van der Waals surface area contributed by atoms with E-state index in [0.717, 1.165) is 25.1 Å². The molecule has 0 atom stereocenters. The van der Waals surface area contributed by atoms with Crippen LogP contribution in [0.4, 0.5) is 0 Å². The predicted molar refractivity (Wildman–Crippen MR) is 103 cm³/mol. The second-order valence-electron chi connectivity index (χ2n) is 6.79. The standard InChI is InChI=1S/C20H35N3O2/c24-20(25)14-12-10-8-6-4-2-1-3-5-7-9-11-13-16-21-18-19-15-17-22-23-19/h15,17-18H,1-14,16H2,(H,22,23)(H,24,25). The normalized spacial score (nSPS) is 11.4. The molecular formula is C20H35N3O2. The number of nitrogens with zero attached hydrogens (tertiary/aromatic N) is 2. The van der Waals surface area contributed by atoms with Gasteiger partial charge < -0.3 is 5.11 Å². The Morgan fingerprint density at radius 1 is 0.920 bits per heavy atom. The molecule has 0 aliphatic rings. The van der Waals surface area contributed by atoms with Crippen LogP contribution in [0.25, 0.3) is 0 Å². The molecule has 0 fully saturated rings. The van der Waals surface area contributed by atoms with E-state index in [-0.39, 0.29) is 0 Å². The third-order valence-corrected chi connectivity index (χ3v) is 4.43. The lowest BCUT2D eigenvalue weighted by atomic mass is 10.0. The molecule has 1 aromatic rings. The number of rotatable bonds is 17. The minimum Gasteiger partial charge on any atom is -0.481 e. The van der Waals surface area contributed by atoms with Crippen LogP contribution < -0.4 is 0 Å². The number of aromatic nitrogens is 2. The summed E-state index contributed by atoms with van der Waals surface area (Å²) in [6.07, 6.45) is 20.1. The zero-order valence-electron chi connectivity index (χ0n) is 15.6. The summed E-state index contributed by atoms with van der Waals surface area (Å²) in [4.78, 5) is 14.8. The molecule has 0 saturated carbocycles. The van der Waals surface area contributed by atoms with Gasteiger partial charge in [0.15, 0.2) is 0 Å². The average Bonchev–Trinajstić information content (AvgIpc) is 3.11. The largest absolute Gasteiger partial charge is 0.481 e. The first-order valence-corrected chi connectivity index (χ1v) is 10.00. The van der Waals surface area contributed by atoms with Crippen molar-refractivity contribution in [1.82, 2.24) is 10.2 Å². The van der Waals surface area contributed by atoms with E-state index in [1.165, 1.54) is 70.6 Å². The molecule has 0 saturated heterocycles. The van der Waals surface area contributed by atoms with Gasteiger partial charge >= 0.3 is 5.97 Å². The average molecular weight is 350 g/mol. The Morgan fingerprint density at radius 2 is 1.44 bits per heavy atom. The van der Waals surface area contributed by atoms with Gasteiger partial charge in [-0.15, -0.1) is 0 Å². The van der Waals surface area contributed by atoms with E-state index in [0.29, 0.717) is 6.42 Å². The second kappa shape index (κ2) is 15.9. The van der Waals surface area contributed by atoms with Gasteiger partial charge in [-0.3, -0.25) is 14.9 Å². The maximum absolute atomic E-state index is 10.4. The van der Waals surface area contributed by atoms with Crippen molar-refractivity contribution in [2.24, 2.45) is 4.99 Å². The fourth-order valence-corrected chi connectivity index (χ4v) is 2.93. The summed E-state index contributed by atoms with van der Waals surface area (Å²) in [5.74, 6) is -0.665. The molecule has 0 bridgehead atoms. The van der Waals surface area contributed by atoms with Gasteiger partial charge in [0.2, 0.25) is 0 Å². The second-order valence-corrected chi connectivity index (χ2v) is 6.79. The fraction of sp³-hybridized carbons (Fsp3) is 0.750. The van der Waals surface area contributed by atoms with Gasteiger partial charge in [0, 0.05) is 25.4 Å². The highest BCUT2D eigenvalue weighted by Gasteiger charge is 1.97. The first-order chi connectivity index (χ1) is 12.3. The maximum Gasteiger partial charge on any atom is 0.303 e. The van der Waals surface area contributed by atoms with E-state index in [9.17, 15) is 4.79 Å². The van der Waals surface area contributed by atoms with Gasteiger partial charge in [-0.2, -0.15) is 5.10 Å². The molecule has 0 spiro atoms. The molecule has 5 heteroatoms. The summed E-state index contributed by atoms with van der Waals surface area (Å²) in [5.41, 5.74) is 0.972. The predicted octanol–water partition coefficient (Wildman–Crippen LogP) is 5.37. The summed E-state index contributed by atoms with van der Waals surface area (Å²) >= 11 is 0. The highest BCUT2D eigenvalue weighted by Crippen LogP contribution is 2.13. The number of carboxylic acids is 1. The van der Waals surface area contributed by atoms with Crippen LogP contribution in [0.3, 0.4) is 0 Å². The van der Waals surface area contributed by atoms with E-state index >= 15 is 0 Å². The molecule has 2 N–H and O–H groups in total. The van der Waals surface area contributed by atoms with Crippen molar-refractivity contribution in [3.8, 4) is 0 Å². The first-order valence-electron chi connectivity index (χ1n) is 10.00. The topological polar surface area (TPSA) is 78.3 Å². The number of aliphatic imine (C=N–C) groups is 1. The van der Waals surface area contributed by atoms with Crippen LogP contribution in [-0.4, -0.2) is 34.0 Å². The number of carbonyl (C=O) groups is 1. The Bertz CT molecular complexity index is 444. The van der Waals surface area contributed by atoms with Crippen molar-refractivity contribution in [2.45, 2.75) is 89.9 Å². The number of H-pyrrole nitrogens is 1. The Balaban J connectivity index is 1.71. The monoisotopic (exact) mass is 349 g/mol. The lowest BCUT2D eigenvalue weighted by Gasteiger charge is -2.02. The summed E-state index contributed by atoms with van der Waals surface area (Å²) in [5, 5.41) is 15.3.